The lowest BCUT2D eigenvalue weighted by Gasteiger charge is -2.20. The number of hydrogen-bond acceptors (Lipinski definition) is 9. The number of esters is 2. The number of aliphatic hydroxyl groups is 2. The number of phosphoric ester groups is 1. The van der Waals surface area contributed by atoms with Crippen LogP contribution in [-0.2, 0) is 32.7 Å². The summed E-state index contributed by atoms with van der Waals surface area (Å²) < 4.78 is 32.6. The monoisotopic (exact) mass is 819 g/mol. The smallest absolute Gasteiger partial charge is 0.462 e. The van der Waals surface area contributed by atoms with E-state index in [1.165, 1.54) is 25.7 Å². The molecule has 11 heteroatoms. The van der Waals surface area contributed by atoms with Gasteiger partial charge >= 0.3 is 19.8 Å². The van der Waals surface area contributed by atoms with E-state index in [0.717, 1.165) is 77.0 Å². The maximum Gasteiger partial charge on any atom is 0.472 e. The summed E-state index contributed by atoms with van der Waals surface area (Å²) in [4.78, 5) is 34.9. The number of allylic oxidation sites excluding steroid dienone is 16. The third-order valence-corrected chi connectivity index (χ3v) is 9.21. The van der Waals surface area contributed by atoms with Crippen LogP contribution in [0.1, 0.15) is 142 Å². The Morgan fingerprint density at radius 2 is 1.05 bits per heavy atom. The van der Waals surface area contributed by atoms with Gasteiger partial charge in [0.2, 0.25) is 0 Å². The Bertz CT molecular complexity index is 1260. The van der Waals surface area contributed by atoms with Gasteiger partial charge in [-0.3, -0.25) is 18.6 Å². The lowest BCUT2D eigenvalue weighted by atomic mass is 10.1. The molecule has 0 aromatic heterocycles. The Hall–Kier alpha value is -3.11. The molecule has 3 atom stereocenters. The zero-order chi connectivity index (χ0) is 41.9. The van der Waals surface area contributed by atoms with Gasteiger partial charge in [0.15, 0.2) is 6.10 Å². The van der Waals surface area contributed by atoms with Crippen molar-refractivity contribution in [2.45, 2.75) is 154 Å². The first-order valence-corrected chi connectivity index (χ1v) is 22.7. The van der Waals surface area contributed by atoms with Gasteiger partial charge < -0.3 is 24.6 Å². The van der Waals surface area contributed by atoms with E-state index in [1.807, 2.05) is 12.2 Å². The molecular formula is C46H75O10P. The number of aliphatic hydroxyl groups excluding tert-OH is 2. The standard InChI is InChI=1S/C46H75O10P/c1-3-5-7-9-11-13-15-17-19-20-21-22-24-26-28-30-32-34-36-38-46(50)56-44(42-55-57(51,52)54-40-43(48)39-47)41-53-45(49)37-35-33-31-29-27-25-23-18-16-14-12-10-8-6-4-2/h5,7,11,13-14,16-19,21-23,26,28,32,34,43-44,47-48H,3-4,6,8-10,12,15,20,24-25,27,29-31,33,35-42H2,1-2H3,(H,51,52)/b7-5+,13-11+,16-14+,19-17+,22-21+,23-18+,28-26+,34-32+/t43-,44+/m0/s1. The van der Waals surface area contributed by atoms with E-state index >= 15 is 0 Å². The topological polar surface area (TPSA) is 149 Å². The Kier molecular flexibility index (Phi) is 38.8. The Morgan fingerprint density at radius 3 is 1.60 bits per heavy atom. The molecule has 0 spiro atoms. The highest BCUT2D eigenvalue weighted by Gasteiger charge is 2.27. The Labute approximate surface area is 344 Å². The quantitative estimate of drug-likeness (QED) is 0.0181. The molecule has 0 aliphatic carbocycles. The van der Waals surface area contributed by atoms with Crippen molar-refractivity contribution in [3.8, 4) is 0 Å². The average Bonchev–Trinajstić information content (AvgIpc) is 3.20. The number of carbonyl (C=O) groups is 2. The zero-order valence-corrected chi connectivity index (χ0v) is 35.9. The van der Waals surface area contributed by atoms with Crippen LogP contribution >= 0.6 is 7.82 Å². The lowest BCUT2D eigenvalue weighted by molar-refractivity contribution is -0.161. The van der Waals surface area contributed by atoms with E-state index in [0.29, 0.717) is 12.8 Å². The van der Waals surface area contributed by atoms with Crippen LogP contribution in [0.25, 0.3) is 0 Å². The molecule has 57 heavy (non-hydrogen) atoms. The van der Waals surface area contributed by atoms with E-state index in [1.54, 1.807) is 0 Å². The zero-order valence-electron chi connectivity index (χ0n) is 35.0. The van der Waals surface area contributed by atoms with Crippen LogP contribution in [0.3, 0.4) is 0 Å². The van der Waals surface area contributed by atoms with E-state index in [-0.39, 0.29) is 19.4 Å². The second kappa shape index (κ2) is 41.1. The summed E-state index contributed by atoms with van der Waals surface area (Å²) in [6, 6.07) is 0. The number of hydrogen-bond donors (Lipinski definition) is 3. The van der Waals surface area contributed by atoms with Crippen molar-refractivity contribution >= 4 is 19.8 Å². The summed E-state index contributed by atoms with van der Waals surface area (Å²) in [5, 5.41) is 18.3. The van der Waals surface area contributed by atoms with Crippen LogP contribution in [0.2, 0.25) is 0 Å². The molecule has 10 nitrogen and oxygen atoms in total. The van der Waals surface area contributed by atoms with Crippen LogP contribution in [0, 0.1) is 0 Å². The maximum atomic E-state index is 12.6. The predicted octanol–water partition coefficient (Wildman–Crippen LogP) is 11.2. The minimum absolute atomic E-state index is 0.0498. The maximum absolute atomic E-state index is 12.6. The lowest BCUT2D eigenvalue weighted by Crippen LogP contribution is -2.29. The van der Waals surface area contributed by atoms with Crippen LogP contribution in [-0.4, -0.2) is 65.7 Å². The molecule has 0 rings (SSSR count). The molecule has 0 aliphatic heterocycles. The average molecular weight is 819 g/mol. The second-order valence-electron chi connectivity index (χ2n) is 13.7. The molecule has 324 valence electrons. The first-order chi connectivity index (χ1) is 27.7. The highest BCUT2D eigenvalue weighted by molar-refractivity contribution is 7.47. The minimum Gasteiger partial charge on any atom is -0.462 e. The highest BCUT2D eigenvalue weighted by atomic mass is 31.2. The van der Waals surface area contributed by atoms with Crippen molar-refractivity contribution in [2.75, 3.05) is 26.4 Å². The highest BCUT2D eigenvalue weighted by Crippen LogP contribution is 2.43. The molecule has 0 heterocycles. The van der Waals surface area contributed by atoms with Gasteiger partial charge in [-0.2, -0.15) is 0 Å². The van der Waals surface area contributed by atoms with Gasteiger partial charge in [0.25, 0.3) is 0 Å². The Morgan fingerprint density at radius 1 is 0.561 bits per heavy atom. The molecule has 0 aromatic carbocycles. The molecule has 1 unspecified atom stereocenters. The van der Waals surface area contributed by atoms with Gasteiger partial charge in [-0.1, -0.05) is 150 Å². The fourth-order valence-electron chi connectivity index (χ4n) is 5.01. The van der Waals surface area contributed by atoms with Gasteiger partial charge in [0, 0.05) is 12.8 Å². The summed E-state index contributed by atoms with van der Waals surface area (Å²) in [6.45, 7) is 2.11. The number of carbonyl (C=O) groups excluding carboxylic acids is 2. The molecule has 0 bridgehead atoms. The van der Waals surface area contributed by atoms with Crippen molar-refractivity contribution in [1.29, 1.82) is 0 Å². The minimum atomic E-state index is -4.65. The molecule has 0 radical (unpaired) electrons. The largest absolute Gasteiger partial charge is 0.472 e. The molecule has 0 saturated carbocycles. The molecule has 0 fully saturated rings. The van der Waals surface area contributed by atoms with Crippen molar-refractivity contribution in [1.82, 2.24) is 0 Å². The summed E-state index contributed by atoms with van der Waals surface area (Å²) in [5.74, 6) is -1.05. The van der Waals surface area contributed by atoms with E-state index < -0.39 is 51.8 Å². The summed E-state index contributed by atoms with van der Waals surface area (Å²) in [7, 11) is -4.65. The fraction of sp³-hybridized carbons (Fsp3) is 0.609. The normalized spacial score (nSPS) is 14.8. The van der Waals surface area contributed by atoms with E-state index in [4.69, 9.17) is 19.1 Å². The first-order valence-electron chi connectivity index (χ1n) is 21.2. The molecule has 0 aromatic rings. The first kappa shape index (κ1) is 53.9. The molecule has 0 saturated heterocycles. The summed E-state index contributed by atoms with van der Waals surface area (Å²) in [5.41, 5.74) is 0. The predicted molar refractivity (Wildman–Crippen MR) is 232 cm³/mol. The molecular weight excluding hydrogens is 743 g/mol. The van der Waals surface area contributed by atoms with Crippen LogP contribution in [0.4, 0.5) is 0 Å². The van der Waals surface area contributed by atoms with Gasteiger partial charge in [0.1, 0.15) is 12.7 Å². The number of unbranched alkanes of at least 4 members (excludes halogenated alkanes) is 9. The van der Waals surface area contributed by atoms with Gasteiger partial charge in [0.05, 0.1) is 19.8 Å². The third kappa shape index (κ3) is 40.9. The van der Waals surface area contributed by atoms with E-state index in [2.05, 4.69) is 103 Å². The number of ether oxygens (including phenoxy) is 2. The van der Waals surface area contributed by atoms with Crippen molar-refractivity contribution in [3.63, 3.8) is 0 Å². The van der Waals surface area contributed by atoms with Crippen LogP contribution < -0.4 is 0 Å². The van der Waals surface area contributed by atoms with Gasteiger partial charge in [-0.15, -0.1) is 0 Å². The third-order valence-electron chi connectivity index (χ3n) is 8.26. The Balaban J connectivity index is 4.50. The molecule has 3 N–H and O–H groups in total. The number of rotatable bonds is 38. The molecule has 0 aliphatic rings. The summed E-state index contributed by atoms with van der Waals surface area (Å²) in [6.07, 6.45) is 49.6. The van der Waals surface area contributed by atoms with Crippen LogP contribution in [0.15, 0.2) is 97.2 Å². The fourth-order valence-corrected chi connectivity index (χ4v) is 5.80. The van der Waals surface area contributed by atoms with Gasteiger partial charge in [-0.25, -0.2) is 4.57 Å². The molecule has 0 amide bonds. The number of phosphoric acid groups is 1. The SMILES string of the molecule is CC/C=C/C/C=C/C/C=C/C/C=C/C/C=C/C/C=C/CCC(=O)O[C@H](COC(=O)CCCCCCC/C=C/C=C/CCCCCC)COP(=O)(O)OC[C@@H](O)CO. The van der Waals surface area contributed by atoms with Crippen molar-refractivity contribution in [2.24, 2.45) is 0 Å². The van der Waals surface area contributed by atoms with Crippen molar-refractivity contribution < 1.29 is 47.8 Å². The summed E-state index contributed by atoms with van der Waals surface area (Å²) >= 11 is 0. The van der Waals surface area contributed by atoms with Crippen LogP contribution in [0.5, 0.6) is 0 Å². The van der Waals surface area contributed by atoms with E-state index in [9.17, 15) is 24.2 Å². The van der Waals surface area contributed by atoms with Gasteiger partial charge in [-0.05, 0) is 77.0 Å². The van der Waals surface area contributed by atoms with Crippen molar-refractivity contribution in [3.05, 3.63) is 97.2 Å². The second-order valence-corrected chi connectivity index (χ2v) is 15.1.